The van der Waals surface area contributed by atoms with Gasteiger partial charge >= 0.3 is 5.97 Å². The van der Waals surface area contributed by atoms with E-state index in [4.69, 9.17) is 9.15 Å². The van der Waals surface area contributed by atoms with Gasteiger partial charge in [0.2, 0.25) is 0 Å². The van der Waals surface area contributed by atoms with E-state index in [1.807, 2.05) is 0 Å². The minimum Gasteiger partial charge on any atom is -0.465 e. The van der Waals surface area contributed by atoms with Gasteiger partial charge in [-0.1, -0.05) is 23.5 Å². The van der Waals surface area contributed by atoms with E-state index in [-0.39, 0.29) is 23.4 Å². The lowest BCUT2D eigenvalue weighted by atomic mass is 9.95. The molecule has 1 atom stereocenters. The summed E-state index contributed by atoms with van der Waals surface area (Å²) in [4.78, 5) is 41.7. The van der Waals surface area contributed by atoms with Gasteiger partial charge in [0.15, 0.2) is 4.80 Å². The van der Waals surface area contributed by atoms with Gasteiger partial charge in [0, 0.05) is 18.2 Å². The topological polar surface area (TPSA) is 117 Å². The van der Waals surface area contributed by atoms with Gasteiger partial charge in [-0.25, -0.2) is 9.79 Å². The van der Waals surface area contributed by atoms with Crippen molar-refractivity contribution in [3.8, 4) is 0 Å². The van der Waals surface area contributed by atoms with Crippen molar-refractivity contribution in [2.45, 2.75) is 19.9 Å². The number of nitro benzene ring substituents is 1. The van der Waals surface area contributed by atoms with Crippen LogP contribution in [-0.4, -0.2) is 22.1 Å². The number of rotatable bonds is 5. The second-order valence-electron chi connectivity index (χ2n) is 6.67. The molecule has 0 N–H and O–H groups in total. The maximum absolute atomic E-state index is 13.3. The molecule has 4 rings (SSSR count). The van der Waals surface area contributed by atoms with Crippen LogP contribution in [0.1, 0.15) is 31.2 Å². The molecule has 0 saturated heterocycles. The Morgan fingerprint density at radius 2 is 2.19 bits per heavy atom. The largest absolute Gasteiger partial charge is 0.465 e. The lowest BCUT2D eigenvalue weighted by Gasteiger charge is -2.24. The van der Waals surface area contributed by atoms with Crippen molar-refractivity contribution in [2.75, 3.05) is 6.61 Å². The molecule has 31 heavy (non-hydrogen) atoms. The maximum Gasteiger partial charge on any atom is 0.338 e. The summed E-state index contributed by atoms with van der Waals surface area (Å²) in [6.07, 6.45) is 3.09. The molecular weight excluding hydrogens is 422 g/mol. The predicted molar refractivity (Wildman–Crippen MR) is 112 cm³/mol. The van der Waals surface area contributed by atoms with Crippen molar-refractivity contribution in [1.29, 1.82) is 0 Å². The average Bonchev–Trinajstić information content (AvgIpc) is 3.35. The summed E-state index contributed by atoms with van der Waals surface area (Å²) >= 11 is 1.15. The summed E-state index contributed by atoms with van der Waals surface area (Å²) in [6.45, 7) is 3.47. The molecule has 0 radical (unpaired) electrons. The van der Waals surface area contributed by atoms with Gasteiger partial charge in [0.05, 0.1) is 39.6 Å². The Kier molecular flexibility index (Phi) is 5.38. The standard InChI is InChI=1S/C21H17N3O6S/c1-3-29-20(26)17-12(2)22-21-23(18(17)13-6-4-7-14(10-13)24(27)28)19(25)16(31-21)11-15-8-5-9-30-15/h4-11,18H,3H2,1-2H3/t18-/m0/s1. The van der Waals surface area contributed by atoms with E-state index in [9.17, 15) is 19.7 Å². The van der Waals surface area contributed by atoms with Crippen LogP contribution in [-0.2, 0) is 9.53 Å². The molecule has 0 fully saturated rings. The number of esters is 1. The Morgan fingerprint density at radius 1 is 1.39 bits per heavy atom. The molecule has 0 amide bonds. The smallest absolute Gasteiger partial charge is 0.338 e. The first-order valence-electron chi connectivity index (χ1n) is 9.38. The SMILES string of the molecule is CCOC(=O)C1=C(C)N=c2sc(=Cc3ccco3)c(=O)n2[C@H]1c1cccc([N+](=O)[O-])c1. The summed E-state index contributed by atoms with van der Waals surface area (Å²) in [5, 5.41) is 11.3. The van der Waals surface area contributed by atoms with Crippen molar-refractivity contribution in [3.05, 3.63) is 95.1 Å². The first kappa shape index (κ1) is 20.5. The minimum absolute atomic E-state index is 0.139. The third-order valence-electron chi connectivity index (χ3n) is 4.73. The van der Waals surface area contributed by atoms with Crippen molar-refractivity contribution in [3.63, 3.8) is 0 Å². The summed E-state index contributed by atoms with van der Waals surface area (Å²) < 4.78 is 12.2. The van der Waals surface area contributed by atoms with Gasteiger partial charge in [-0.2, -0.15) is 0 Å². The van der Waals surface area contributed by atoms with Gasteiger partial charge in [-0.05, 0) is 31.5 Å². The molecule has 1 aliphatic rings. The first-order chi connectivity index (χ1) is 14.9. The van der Waals surface area contributed by atoms with E-state index in [0.717, 1.165) is 11.3 Å². The van der Waals surface area contributed by atoms with Gasteiger partial charge in [-0.3, -0.25) is 19.5 Å². The predicted octanol–water partition coefficient (Wildman–Crippen LogP) is 2.30. The third kappa shape index (κ3) is 3.73. The number of aromatic nitrogens is 1. The zero-order valence-electron chi connectivity index (χ0n) is 16.6. The zero-order valence-corrected chi connectivity index (χ0v) is 17.4. The quantitative estimate of drug-likeness (QED) is 0.342. The Balaban J connectivity index is 1.99. The maximum atomic E-state index is 13.3. The Labute approximate surface area is 179 Å². The minimum atomic E-state index is -0.908. The van der Waals surface area contributed by atoms with E-state index in [1.165, 1.54) is 29.0 Å². The molecule has 10 heteroatoms. The van der Waals surface area contributed by atoms with Gasteiger partial charge < -0.3 is 9.15 Å². The highest BCUT2D eigenvalue weighted by Crippen LogP contribution is 2.32. The number of hydrogen-bond donors (Lipinski definition) is 0. The number of furan rings is 1. The first-order valence-corrected chi connectivity index (χ1v) is 10.2. The molecule has 9 nitrogen and oxygen atoms in total. The summed E-state index contributed by atoms with van der Waals surface area (Å²) in [5.41, 5.74) is 0.441. The van der Waals surface area contributed by atoms with Crippen molar-refractivity contribution >= 4 is 29.1 Å². The molecule has 1 aromatic carbocycles. The molecule has 158 valence electrons. The fourth-order valence-electron chi connectivity index (χ4n) is 3.42. The molecule has 0 unspecified atom stereocenters. The molecule has 0 spiro atoms. The van der Waals surface area contributed by atoms with Crippen molar-refractivity contribution in [1.82, 2.24) is 4.57 Å². The van der Waals surface area contributed by atoms with E-state index < -0.39 is 16.9 Å². The molecule has 0 saturated carbocycles. The van der Waals surface area contributed by atoms with Crippen LogP contribution >= 0.6 is 11.3 Å². The van der Waals surface area contributed by atoms with E-state index >= 15 is 0 Å². The van der Waals surface area contributed by atoms with Crippen LogP contribution < -0.4 is 14.9 Å². The number of carbonyl (C=O) groups is 1. The number of ether oxygens (including phenoxy) is 1. The summed E-state index contributed by atoms with van der Waals surface area (Å²) in [5.74, 6) is -0.126. The second-order valence-corrected chi connectivity index (χ2v) is 7.68. The Morgan fingerprint density at radius 3 is 2.87 bits per heavy atom. The van der Waals surface area contributed by atoms with E-state index in [1.54, 1.807) is 38.1 Å². The Hall–Kier alpha value is -3.79. The lowest BCUT2D eigenvalue weighted by molar-refractivity contribution is -0.384. The number of allylic oxidation sites excluding steroid dienone is 1. The van der Waals surface area contributed by atoms with Crippen LogP contribution in [0.5, 0.6) is 0 Å². The highest BCUT2D eigenvalue weighted by molar-refractivity contribution is 7.07. The van der Waals surface area contributed by atoms with Crippen molar-refractivity contribution < 1.29 is 18.9 Å². The van der Waals surface area contributed by atoms with Gasteiger partial charge in [0.25, 0.3) is 11.2 Å². The van der Waals surface area contributed by atoms with E-state index in [0.29, 0.717) is 26.4 Å². The molecule has 0 aliphatic carbocycles. The molecule has 2 aromatic heterocycles. The number of nitrogens with zero attached hydrogens (tertiary/aromatic N) is 3. The highest BCUT2D eigenvalue weighted by Gasteiger charge is 2.34. The van der Waals surface area contributed by atoms with Crippen LogP contribution in [0.15, 0.2) is 68.1 Å². The van der Waals surface area contributed by atoms with Gasteiger partial charge in [0.1, 0.15) is 5.76 Å². The third-order valence-corrected chi connectivity index (χ3v) is 5.71. The van der Waals surface area contributed by atoms with Crippen LogP contribution in [0.2, 0.25) is 0 Å². The fourth-order valence-corrected chi connectivity index (χ4v) is 4.44. The monoisotopic (exact) mass is 439 g/mol. The van der Waals surface area contributed by atoms with Gasteiger partial charge in [-0.15, -0.1) is 0 Å². The summed E-state index contributed by atoms with van der Waals surface area (Å²) in [7, 11) is 0. The molecule has 1 aliphatic heterocycles. The average molecular weight is 439 g/mol. The fraction of sp³-hybridized carbons (Fsp3) is 0.190. The Bertz CT molecular complexity index is 1380. The zero-order chi connectivity index (χ0) is 22.1. The molecule has 3 heterocycles. The molecule has 3 aromatic rings. The number of non-ortho nitro benzene ring substituents is 1. The highest BCUT2D eigenvalue weighted by atomic mass is 32.1. The normalized spacial score (nSPS) is 16.1. The van der Waals surface area contributed by atoms with Crippen molar-refractivity contribution in [2.24, 2.45) is 4.99 Å². The van der Waals surface area contributed by atoms with E-state index in [2.05, 4.69) is 4.99 Å². The number of carbonyl (C=O) groups excluding carboxylic acids is 1. The second kappa shape index (κ2) is 8.15. The number of nitro groups is 1. The lowest BCUT2D eigenvalue weighted by Crippen LogP contribution is -2.39. The summed E-state index contributed by atoms with van der Waals surface area (Å²) in [6, 6.07) is 8.37. The van der Waals surface area contributed by atoms with Crippen LogP contribution in [0.3, 0.4) is 0 Å². The number of hydrogen-bond acceptors (Lipinski definition) is 8. The van der Waals surface area contributed by atoms with Crippen LogP contribution in [0, 0.1) is 10.1 Å². The van der Waals surface area contributed by atoms with Crippen LogP contribution in [0.25, 0.3) is 6.08 Å². The molecular formula is C21H17N3O6S. The molecule has 0 bridgehead atoms. The number of thiazole rings is 1. The number of fused-ring (bicyclic) bond motifs is 1. The van der Waals surface area contributed by atoms with Crippen LogP contribution in [0.4, 0.5) is 5.69 Å². The number of benzene rings is 1.